The molecule has 0 saturated carbocycles. The minimum atomic E-state index is 0.00767. The first kappa shape index (κ1) is 13.3. The summed E-state index contributed by atoms with van der Waals surface area (Å²) in [4.78, 5) is 20.6. The van der Waals surface area contributed by atoms with Crippen LogP contribution in [0.2, 0.25) is 0 Å². The number of carbonyl (C=O) groups excluding carboxylic acids is 1. The zero-order valence-corrected chi connectivity index (χ0v) is 12.0. The maximum absolute atomic E-state index is 12.0. The predicted molar refractivity (Wildman–Crippen MR) is 78.8 cm³/mol. The lowest BCUT2D eigenvalue weighted by molar-refractivity contribution is -0.130. The molecule has 2 aliphatic rings. The Kier molecular flexibility index (Phi) is 3.35. The van der Waals surface area contributed by atoms with Crippen LogP contribution < -0.4 is 10.6 Å². The summed E-state index contributed by atoms with van der Waals surface area (Å²) < 4.78 is 0. The number of rotatable bonds is 4. The van der Waals surface area contributed by atoms with E-state index in [1.807, 2.05) is 19.2 Å². The van der Waals surface area contributed by atoms with E-state index in [4.69, 9.17) is 0 Å². The van der Waals surface area contributed by atoms with Crippen molar-refractivity contribution in [1.29, 1.82) is 0 Å². The molecule has 0 unspecified atom stereocenters. The van der Waals surface area contributed by atoms with Crippen molar-refractivity contribution in [3.8, 4) is 0 Å². The molecular weight excluding hydrogens is 254 g/mol. The van der Waals surface area contributed by atoms with Crippen LogP contribution >= 0.6 is 0 Å². The molecule has 1 amide bonds. The molecule has 0 aromatic carbocycles. The fraction of sp³-hybridized carbons (Fsp3) is 0.571. The number of pyridine rings is 1. The van der Waals surface area contributed by atoms with Crippen LogP contribution in [-0.2, 0) is 4.79 Å². The first-order valence-corrected chi connectivity index (χ1v) is 6.93. The molecule has 0 radical (unpaired) electrons. The van der Waals surface area contributed by atoms with Crippen LogP contribution in [0.25, 0.3) is 0 Å². The highest BCUT2D eigenvalue weighted by atomic mass is 16.2. The predicted octanol–water partition coefficient (Wildman–Crippen LogP) is 0.309. The minimum Gasteiger partial charge on any atom is -0.388 e. The molecule has 0 aliphatic carbocycles. The van der Waals surface area contributed by atoms with Crippen molar-refractivity contribution < 1.29 is 4.79 Å². The van der Waals surface area contributed by atoms with E-state index >= 15 is 0 Å². The molecule has 108 valence electrons. The summed E-state index contributed by atoms with van der Waals surface area (Å²) >= 11 is 0. The standard InChI is InChI=1S/C14H21N5O/c1-15-11-3-4-16-12(5-11)17-13(20)6-19-9-14(10-19)7-18(2)8-14/h3-5H,6-10H2,1-2H3,(H2,15,16,17,20). The van der Waals surface area contributed by atoms with Crippen molar-refractivity contribution in [3.05, 3.63) is 18.3 Å². The fourth-order valence-corrected chi connectivity index (χ4v) is 3.35. The van der Waals surface area contributed by atoms with Gasteiger partial charge in [-0.1, -0.05) is 0 Å². The summed E-state index contributed by atoms with van der Waals surface area (Å²) in [5.41, 5.74) is 1.41. The average molecular weight is 275 g/mol. The Balaban J connectivity index is 1.46. The summed E-state index contributed by atoms with van der Waals surface area (Å²) in [5, 5.41) is 5.87. The normalized spacial score (nSPS) is 21.1. The van der Waals surface area contributed by atoms with Crippen LogP contribution in [0.1, 0.15) is 0 Å². The second-order valence-electron chi connectivity index (χ2n) is 6.05. The van der Waals surface area contributed by atoms with E-state index in [1.165, 1.54) is 0 Å². The number of amides is 1. The molecule has 6 nitrogen and oxygen atoms in total. The van der Waals surface area contributed by atoms with E-state index in [0.29, 0.717) is 17.8 Å². The maximum atomic E-state index is 12.0. The molecule has 1 aromatic rings. The van der Waals surface area contributed by atoms with Crippen molar-refractivity contribution in [1.82, 2.24) is 14.8 Å². The molecule has 20 heavy (non-hydrogen) atoms. The summed E-state index contributed by atoms with van der Waals surface area (Å²) in [6.07, 6.45) is 1.68. The summed E-state index contributed by atoms with van der Waals surface area (Å²) in [5.74, 6) is 0.605. The highest BCUT2D eigenvalue weighted by Crippen LogP contribution is 2.38. The van der Waals surface area contributed by atoms with Crippen LogP contribution in [0.4, 0.5) is 11.5 Å². The van der Waals surface area contributed by atoms with Gasteiger partial charge in [0.25, 0.3) is 0 Å². The van der Waals surface area contributed by atoms with Gasteiger partial charge in [0.05, 0.1) is 6.54 Å². The van der Waals surface area contributed by atoms with Gasteiger partial charge in [-0.25, -0.2) is 4.98 Å². The molecule has 6 heteroatoms. The molecule has 2 saturated heterocycles. The molecule has 2 N–H and O–H groups in total. The van der Waals surface area contributed by atoms with Gasteiger partial charge in [-0.05, 0) is 13.1 Å². The second kappa shape index (κ2) is 5.03. The van der Waals surface area contributed by atoms with Gasteiger partial charge < -0.3 is 15.5 Å². The molecule has 2 aliphatic heterocycles. The van der Waals surface area contributed by atoms with Gasteiger partial charge in [-0.15, -0.1) is 0 Å². The van der Waals surface area contributed by atoms with Gasteiger partial charge in [-0.2, -0.15) is 0 Å². The topological polar surface area (TPSA) is 60.5 Å². The Labute approximate surface area is 119 Å². The zero-order valence-electron chi connectivity index (χ0n) is 12.0. The van der Waals surface area contributed by atoms with Crippen LogP contribution in [0, 0.1) is 5.41 Å². The van der Waals surface area contributed by atoms with Crippen molar-refractivity contribution in [2.24, 2.45) is 5.41 Å². The maximum Gasteiger partial charge on any atom is 0.239 e. The van der Waals surface area contributed by atoms with Gasteiger partial charge in [0.2, 0.25) is 5.91 Å². The third-order valence-electron chi connectivity index (χ3n) is 4.01. The summed E-state index contributed by atoms with van der Waals surface area (Å²) in [7, 11) is 3.98. The number of anilines is 2. The second-order valence-corrected chi connectivity index (χ2v) is 6.05. The van der Waals surface area contributed by atoms with Crippen molar-refractivity contribution in [2.45, 2.75) is 0 Å². The summed E-state index contributed by atoms with van der Waals surface area (Å²) in [6.45, 7) is 4.86. The molecule has 3 rings (SSSR count). The largest absolute Gasteiger partial charge is 0.388 e. The quantitative estimate of drug-likeness (QED) is 0.828. The smallest absolute Gasteiger partial charge is 0.239 e. The molecular formula is C14H21N5O. The zero-order chi connectivity index (χ0) is 14.2. The summed E-state index contributed by atoms with van der Waals surface area (Å²) in [6, 6.07) is 3.69. The molecule has 0 bridgehead atoms. The lowest BCUT2D eigenvalue weighted by Gasteiger charge is -2.59. The van der Waals surface area contributed by atoms with Crippen LogP contribution in [0.5, 0.6) is 0 Å². The van der Waals surface area contributed by atoms with Gasteiger partial charge in [0.1, 0.15) is 5.82 Å². The Hall–Kier alpha value is -1.66. The number of hydrogen-bond donors (Lipinski definition) is 2. The van der Waals surface area contributed by atoms with E-state index in [9.17, 15) is 4.79 Å². The van der Waals surface area contributed by atoms with Gasteiger partial charge in [0.15, 0.2) is 0 Å². The van der Waals surface area contributed by atoms with Gasteiger partial charge in [-0.3, -0.25) is 9.69 Å². The van der Waals surface area contributed by atoms with Crippen molar-refractivity contribution in [2.75, 3.05) is 57.5 Å². The fourth-order valence-electron chi connectivity index (χ4n) is 3.35. The highest BCUT2D eigenvalue weighted by molar-refractivity contribution is 5.91. The monoisotopic (exact) mass is 275 g/mol. The van der Waals surface area contributed by atoms with Crippen LogP contribution in [0.3, 0.4) is 0 Å². The number of aromatic nitrogens is 1. The molecule has 2 fully saturated rings. The molecule has 3 heterocycles. The van der Waals surface area contributed by atoms with E-state index in [1.54, 1.807) is 6.20 Å². The average Bonchev–Trinajstić information content (AvgIpc) is 2.34. The van der Waals surface area contributed by atoms with Crippen molar-refractivity contribution in [3.63, 3.8) is 0 Å². The van der Waals surface area contributed by atoms with Crippen LogP contribution in [0.15, 0.2) is 18.3 Å². The van der Waals surface area contributed by atoms with Gasteiger partial charge >= 0.3 is 0 Å². The Bertz CT molecular complexity index is 504. The van der Waals surface area contributed by atoms with E-state index in [2.05, 4.69) is 32.5 Å². The minimum absolute atomic E-state index is 0.00767. The first-order chi connectivity index (χ1) is 9.58. The van der Waals surface area contributed by atoms with Crippen molar-refractivity contribution >= 4 is 17.4 Å². The third-order valence-corrected chi connectivity index (χ3v) is 4.01. The SMILES string of the molecule is CNc1ccnc(NC(=O)CN2CC3(CN(C)C3)C2)c1. The first-order valence-electron chi connectivity index (χ1n) is 6.93. The number of carbonyl (C=O) groups is 1. The molecule has 0 atom stereocenters. The van der Waals surface area contributed by atoms with E-state index < -0.39 is 0 Å². The van der Waals surface area contributed by atoms with Gasteiger partial charge in [0, 0.05) is 56.6 Å². The number of nitrogens with one attached hydrogen (secondary N) is 2. The lowest BCUT2D eigenvalue weighted by Crippen LogP contribution is -2.71. The Morgan fingerprint density at radius 3 is 2.80 bits per heavy atom. The third kappa shape index (κ3) is 2.62. The number of hydrogen-bond acceptors (Lipinski definition) is 5. The Morgan fingerprint density at radius 2 is 2.15 bits per heavy atom. The molecule has 1 spiro atoms. The highest BCUT2D eigenvalue weighted by Gasteiger charge is 2.50. The van der Waals surface area contributed by atoms with E-state index in [-0.39, 0.29) is 5.91 Å². The van der Waals surface area contributed by atoms with E-state index in [0.717, 1.165) is 31.9 Å². The number of likely N-dealkylation sites (tertiary alicyclic amines) is 2. The lowest BCUT2D eigenvalue weighted by atomic mass is 9.73. The number of nitrogens with zero attached hydrogens (tertiary/aromatic N) is 3. The Morgan fingerprint density at radius 1 is 1.40 bits per heavy atom. The van der Waals surface area contributed by atoms with Crippen LogP contribution in [-0.4, -0.2) is 67.5 Å². The molecule has 1 aromatic heterocycles.